The topological polar surface area (TPSA) is 68.0 Å². The van der Waals surface area contributed by atoms with E-state index in [0.717, 1.165) is 35.5 Å². The molecule has 1 heterocycles. The molecule has 2 fully saturated rings. The van der Waals surface area contributed by atoms with Crippen molar-refractivity contribution < 1.29 is 4.79 Å². The van der Waals surface area contributed by atoms with Gasteiger partial charge < -0.3 is 5.32 Å². The molecule has 3 N–H and O–H groups in total. The van der Waals surface area contributed by atoms with Gasteiger partial charge in [-0.25, -0.2) is 4.98 Å². The molecule has 0 bridgehead atoms. The Morgan fingerprint density at radius 3 is 2.82 bits per heavy atom. The zero-order valence-electron chi connectivity index (χ0n) is 13.0. The summed E-state index contributed by atoms with van der Waals surface area (Å²) < 4.78 is 0. The molecular weight excluding hydrogens is 294 g/mol. The summed E-state index contributed by atoms with van der Waals surface area (Å²) in [6.45, 7) is 0. The molecule has 0 aromatic carbocycles. The summed E-state index contributed by atoms with van der Waals surface area (Å²) in [4.78, 5) is 16.8. The number of pyridine rings is 1. The average molecular weight is 319 g/mol. The Morgan fingerprint density at radius 1 is 1.27 bits per heavy atom. The van der Waals surface area contributed by atoms with Crippen LogP contribution in [0.5, 0.6) is 0 Å². The first kappa shape index (κ1) is 15.8. The van der Waals surface area contributed by atoms with E-state index in [-0.39, 0.29) is 11.8 Å². The van der Waals surface area contributed by atoms with Crippen LogP contribution in [0.1, 0.15) is 57.8 Å². The van der Waals surface area contributed by atoms with Gasteiger partial charge in [0.25, 0.3) is 0 Å². The Morgan fingerprint density at radius 2 is 2.05 bits per heavy atom. The minimum atomic E-state index is 0.161. The molecule has 2 aliphatic rings. The summed E-state index contributed by atoms with van der Waals surface area (Å²) in [6, 6.07) is 3.67. The highest BCUT2D eigenvalue weighted by molar-refractivity contribution is 7.97. The quantitative estimate of drug-likeness (QED) is 0.822. The normalized spacial score (nSPS) is 24.1. The second-order valence-electron chi connectivity index (χ2n) is 6.84. The van der Waals surface area contributed by atoms with Crippen LogP contribution in [0.15, 0.2) is 23.4 Å². The van der Waals surface area contributed by atoms with Gasteiger partial charge in [0.15, 0.2) is 0 Å². The van der Waals surface area contributed by atoms with E-state index in [1.54, 1.807) is 6.20 Å². The van der Waals surface area contributed by atoms with Crippen LogP contribution in [0.4, 0.5) is 5.69 Å². The van der Waals surface area contributed by atoms with E-state index in [1.165, 1.54) is 44.9 Å². The maximum Gasteiger partial charge on any atom is 0.227 e. The molecule has 0 radical (unpaired) electrons. The average Bonchev–Trinajstić information content (AvgIpc) is 2.56. The highest BCUT2D eigenvalue weighted by atomic mass is 32.2. The molecule has 1 aromatic rings. The Kier molecular flexibility index (Phi) is 5.03. The van der Waals surface area contributed by atoms with Gasteiger partial charge in [0.1, 0.15) is 5.03 Å². The van der Waals surface area contributed by atoms with Gasteiger partial charge in [0.2, 0.25) is 5.91 Å². The molecule has 5 heteroatoms. The van der Waals surface area contributed by atoms with Crippen LogP contribution in [0.3, 0.4) is 0 Å². The predicted molar refractivity (Wildman–Crippen MR) is 90.4 cm³/mol. The number of hydrogen-bond donors (Lipinski definition) is 2. The largest absolute Gasteiger partial charge is 0.326 e. The van der Waals surface area contributed by atoms with Crippen molar-refractivity contribution in [1.29, 1.82) is 0 Å². The zero-order valence-corrected chi connectivity index (χ0v) is 13.8. The number of aromatic nitrogens is 1. The zero-order chi connectivity index (χ0) is 15.4. The van der Waals surface area contributed by atoms with E-state index in [1.807, 2.05) is 12.1 Å². The maximum atomic E-state index is 12.6. The summed E-state index contributed by atoms with van der Waals surface area (Å²) in [7, 11) is 0. The van der Waals surface area contributed by atoms with Crippen molar-refractivity contribution in [2.24, 2.45) is 16.5 Å². The predicted octanol–water partition coefficient (Wildman–Crippen LogP) is 4.13. The Balaban J connectivity index is 1.64. The molecule has 2 saturated carbocycles. The molecule has 2 aliphatic carbocycles. The van der Waals surface area contributed by atoms with Gasteiger partial charge in [0, 0.05) is 17.8 Å². The summed E-state index contributed by atoms with van der Waals surface area (Å²) in [6.07, 6.45) is 13.0. The van der Waals surface area contributed by atoms with Crippen molar-refractivity contribution in [3.63, 3.8) is 0 Å². The highest BCUT2D eigenvalue weighted by Crippen LogP contribution is 2.49. The van der Waals surface area contributed by atoms with E-state index in [4.69, 9.17) is 5.14 Å². The second-order valence-corrected chi connectivity index (χ2v) is 7.50. The molecule has 0 aliphatic heterocycles. The van der Waals surface area contributed by atoms with E-state index < -0.39 is 0 Å². The van der Waals surface area contributed by atoms with E-state index >= 15 is 0 Å². The second kappa shape index (κ2) is 7.01. The van der Waals surface area contributed by atoms with Gasteiger partial charge in [-0.3, -0.25) is 9.93 Å². The number of anilines is 1. The first-order valence-electron chi connectivity index (χ1n) is 8.34. The SMILES string of the molecule is NSc1cc(NC(=O)C2CCCC3(CCCCC3)C2)ccn1. The number of amides is 1. The van der Waals surface area contributed by atoms with Crippen LogP contribution in [-0.4, -0.2) is 10.9 Å². The lowest BCUT2D eigenvalue weighted by molar-refractivity contribution is -0.122. The molecule has 1 spiro atoms. The van der Waals surface area contributed by atoms with Gasteiger partial charge in [-0.05, 0) is 61.6 Å². The van der Waals surface area contributed by atoms with Crippen LogP contribution in [0, 0.1) is 11.3 Å². The Labute approximate surface area is 136 Å². The molecule has 1 atom stereocenters. The van der Waals surface area contributed by atoms with Gasteiger partial charge in [0.05, 0.1) is 0 Å². The number of nitrogens with one attached hydrogen (secondary N) is 1. The molecule has 1 aromatic heterocycles. The lowest BCUT2D eigenvalue weighted by Crippen LogP contribution is -2.36. The summed E-state index contributed by atoms with van der Waals surface area (Å²) in [5.41, 5.74) is 1.26. The fourth-order valence-corrected chi connectivity index (χ4v) is 4.54. The Hall–Kier alpha value is -1.07. The molecule has 0 saturated heterocycles. The third-order valence-corrected chi connectivity index (χ3v) is 5.81. The van der Waals surface area contributed by atoms with Gasteiger partial charge in [-0.1, -0.05) is 25.7 Å². The van der Waals surface area contributed by atoms with Gasteiger partial charge >= 0.3 is 0 Å². The van der Waals surface area contributed by atoms with Crippen molar-refractivity contribution in [3.05, 3.63) is 18.3 Å². The van der Waals surface area contributed by atoms with Crippen LogP contribution in [0.2, 0.25) is 0 Å². The third kappa shape index (κ3) is 3.63. The van der Waals surface area contributed by atoms with E-state index in [0.29, 0.717) is 5.41 Å². The standard InChI is InChI=1S/C17H25N3OS/c18-22-15-11-14(6-10-19-15)20-16(21)13-5-4-9-17(12-13)7-2-1-3-8-17/h6,10-11,13H,1-5,7-9,12,18H2,(H,19,20,21). The van der Waals surface area contributed by atoms with Crippen molar-refractivity contribution >= 4 is 23.5 Å². The molecule has 4 nitrogen and oxygen atoms in total. The highest BCUT2D eigenvalue weighted by Gasteiger charge is 2.39. The fourth-order valence-electron chi connectivity index (χ4n) is 4.23. The van der Waals surface area contributed by atoms with Crippen molar-refractivity contribution in [1.82, 2.24) is 4.98 Å². The Bertz CT molecular complexity index is 523. The number of carbonyl (C=O) groups is 1. The van der Waals surface area contributed by atoms with Crippen LogP contribution in [0.25, 0.3) is 0 Å². The lowest BCUT2D eigenvalue weighted by Gasteiger charge is -2.43. The van der Waals surface area contributed by atoms with Gasteiger partial charge in [-0.15, -0.1) is 0 Å². The minimum absolute atomic E-state index is 0.161. The summed E-state index contributed by atoms with van der Waals surface area (Å²) in [5, 5.41) is 9.31. The summed E-state index contributed by atoms with van der Waals surface area (Å²) >= 11 is 1.10. The molecular formula is C17H25N3OS. The molecule has 3 rings (SSSR count). The lowest BCUT2D eigenvalue weighted by atomic mass is 9.62. The fraction of sp³-hybridized carbons (Fsp3) is 0.647. The molecule has 1 unspecified atom stereocenters. The van der Waals surface area contributed by atoms with E-state index in [9.17, 15) is 4.79 Å². The van der Waals surface area contributed by atoms with Crippen LogP contribution in [-0.2, 0) is 4.79 Å². The first-order valence-corrected chi connectivity index (χ1v) is 9.22. The smallest absolute Gasteiger partial charge is 0.227 e. The number of nitrogens with two attached hydrogens (primary N) is 1. The number of rotatable bonds is 3. The van der Waals surface area contributed by atoms with Gasteiger partial charge in [-0.2, -0.15) is 0 Å². The minimum Gasteiger partial charge on any atom is -0.326 e. The third-order valence-electron chi connectivity index (χ3n) is 5.35. The van der Waals surface area contributed by atoms with Crippen LogP contribution >= 0.6 is 11.9 Å². The maximum absolute atomic E-state index is 12.6. The van der Waals surface area contributed by atoms with Crippen LogP contribution < -0.4 is 10.5 Å². The number of nitrogens with zero attached hydrogens (tertiary/aromatic N) is 1. The van der Waals surface area contributed by atoms with Crippen molar-refractivity contribution in [2.75, 3.05) is 5.32 Å². The summed E-state index contributed by atoms with van der Waals surface area (Å²) in [5.74, 6) is 0.331. The molecule has 22 heavy (non-hydrogen) atoms. The van der Waals surface area contributed by atoms with E-state index in [2.05, 4.69) is 10.3 Å². The first-order chi connectivity index (χ1) is 10.7. The van der Waals surface area contributed by atoms with Crippen molar-refractivity contribution in [3.8, 4) is 0 Å². The monoisotopic (exact) mass is 319 g/mol. The number of hydrogen-bond acceptors (Lipinski definition) is 4. The molecule has 120 valence electrons. The molecule has 1 amide bonds. The van der Waals surface area contributed by atoms with Crippen molar-refractivity contribution in [2.45, 2.75) is 62.8 Å². The number of carbonyl (C=O) groups excluding carboxylic acids is 1.